The average Bonchev–Trinajstić information content (AvgIpc) is 3.08. The van der Waals surface area contributed by atoms with Crippen LogP contribution in [0.15, 0.2) is 0 Å². The van der Waals surface area contributed by atoms with Crippen molar-refractivity contribution in [3.8, 4) is 0 Å². The van der Waals surface area contributed by atoms with Crippen LogP contribution in [0.4, 0.5) is 0 Å². The standard InChI is InChI=1S/C18H32O15/c1-4-7(22)8(23)10(25)17(29-4)32-14-6(3-20)30-18(11(26)9(14)24)33-15-12(27)16(28)31-13(15)5(21)2-19/h4-28H,2-3H2,1H3/t4-,5+,6+,7-,8+,9+,10+,11+,12+,13-,14+,15+,16-,17+,18-/m0/s1. The molecular weight excluding hydrogens is 456 g/mol. The Hall–Kier alpha value is -0.600. The second-order valence-electron chi connectivity index (χ2n) is 8.32. The molecule has 3 heterocycles. The lowest BCUT2D eigenvalue weighted by Gasteiger charge is -2.46. The van der Waals surface area contributed by atoms with Crippen molar-refractivity contribution in [3.63, 3.8) is 0 Å². The zero-order valence-corrected chi connectivity index (χ0v) is 17.6. The second-order valence-corrected chi connectivity index (χ2v) is 8.32. The van der Waals surface area contributed by atoms with Crippen LogP contribution in [0.25, 0.3) is 0 Å². The molecule has 0 bridgehead atoms. The van der Waals surface area contributed by atoms with E-state index in [1.807, 2.05) is 0 Å². The lowest BCUT2D eigenvalue weighted by molar-refractivity contribution is -0.363. The molecule has 15 nitrogen and oxygen atoms in total. The third-order valence-corrected chi connectivity index (χ3v) is 6.03. The van der Waals surface area contributed by atoms with Crippen LogP contribution in [0, 0.1) is 0 Å². The fourth-order valence-electron chi connectivity index (χ4n) is 4.02. The summed E-state index contributed by atoms with van der Waals surface area (Å²) in [6.07, 6.45) is -23.4. The Labute approximate surface area is 187 Å². The van der Waals surface area contributed by atoms with Crippen LogP contribution in [0.3, 0.4) is 0 Å². The normalized spacial score (nSPS) is 52.1. The lowest BCUT2D eigenvalue weighted by Crippen LogP contribution is -2.64. The molecule has 3 saturated heterocycles. The maximum atomic E-state index is 10.6. The summed E-state index contributed by atoms with van der Waals surface area (Å²) in [6.45, 7) is -0.155. The molecule has 0 saturated carbocycles. The molecule has 3 aliphatic heterocycles. The van der Waals surface area contributed by atoms with Gasteiger partial charge in [0.25, 0.3) is 0 Å². The number of rotatable bonds is 7. The average molecular weight is 488 g/mol. The Bertz CT molecular complexity index is 624. The smallest absolute Gasteiger partial charge is 0.187 e. The van der Waals surface area contributed by atoms with Crippen molar-refractivity contribution in [1.82, 2.24) is 0 Å². The summed E-state index contributed by atoms with van der Waals surface area (Å²) in [4.78, 5) is 0. The van der Waals surface area contributed by atoms with E-state index in [2.05, 4.69) is 0 Å². The Balaban J connectivity index is 1.71. The zero-order valence-electron chi connectivity index (χ0n) is 17.6. The fourth-order valence-corrected chi connectivity index (χ4v) is 4.02. The molecule has 0 unspecified atom stereocenters. The Morgan fingerprint density at radius 3 is 1.88 bits per heavy atom. The quantitative estimate of drug-likeness (QED) is 0.160. The first-order valence-corrected chi connectivity index (χ1v) is 10.4. The minimum atomic E-state index is -1.86. The lowest BCUT2D eigenvalue weighted by atomic mass is 9.97. The zero-order chi connectivity index (χ0) is 24.6. The van der Waals surface area contributed by atoms with Gasteiger partial charge < -0.3 is 74.7 Å². The molecule has 0 amide bonds. The van der Waals surface area contributed by atoms with E-state index < -0.39 is 105 Å². The van der Waals surface area contributed by atoms with E-state index in [1.165, 1.54) is 6.92 Å². The fraction of sp³-hybridized carbons (Fsp3) is 1.00. The molecule has 0 aromatic heterocycles. The molecule has 10 N–H and O–H groups in total. The van der Waals surface area contributed by atoms with Crippen LogP contribution in [-0.2, 0) is 23.7 Å². The largest absolute Gasteiger partial charge is 0.394 e. The van der Waals surface area contributed by atoms with Crippen molar-refractivity contribution in [2.75, 3.05) is 13.2 Å². The third kappa shape index (κ3) is 5.32. The second kappa shape index (κ2) is 11.0. The van der Waals surface area contributed by atoms with Gasteiger partial charge in [0.2, 0.25) is 0 Å². The molecule has 0 aromatic rings. The van der Waals surface area contributed by atoms with Gasteiger partial charge in [-0.15, -0.1) is 0 Å². The van der Waals surface area contributed by atoms with Crippen molar-refractivity contribution in [3.05, 3.63) is 0 Å². The summed E-state index contributed by atoms with van der Waals surface area (Å²) in [5, 5.41) is 99.5. The first-order chi connectivity index (χ1) is 15.5. The predicted octanol–water partition coefficient (Wildman–Crippen LogP) is -6.55. The van der Waals surface area contributed by atoms with Gasteiger partial charge in [-0.3, -0.25) is 0 Å². The van der Waals surface area contributed by atoms with E-state index >= 15 is 0 Å². The molecule has 194 valence electrons. The number of aliphatic hydroxyl groups excluding tert-OH is 10. The summed E-state index contributed by atoms with van der Waals surface area (Å²) in [5.41, 5.74) is 0. The minimum Gasteiger partial charge on any atom is -0.394 e. The van der Waals surface area contributed by atoms with Crippen LogP contribution in [0.2, 0.25) is 0 Å². The predicted molar refractivity (Wildman–Crippen MR) is 99.8 cm³/mol. The van der Waals surface area contributed by atoms with E-state index in [-0.39, 0.29) is 0 Å². The maximum Gasteiger partial charge on any atom is 0.187 e. The Morgan fingerprint density at radius 2 is 1.27 bits per heavy atom. The van der Waals surface area contributed by atoms with Crippen molar-refractivity contribution >= 4 is 0 Å². The maximum absolute atomic E-state index is 10.6. The highest BCUT2D eigenvalue weighted by Gasteiger charge is 2.53. The van der Waals surface area contributed by atoms with Gasteiger partial charge in [-0.25, -0.2) is 0 Å². The highest BCUT2D eigenvalue weighted by molar-refractivity contribution is 4.96. The number of aliphatic hydroxyl groups is 10. The third-order valence-electron chi connectivity index (χ3n) is 6.03. The summed E-state index contributed by atoms with van der Waals surface area (Å²) in [6, 6.07) is 0. The van der Waals surface area contributed by atoms with E-state index in [4.69, 9.17) is 28.8 Å². The van der Waals surface area contributed by atoms with Crippen molar-refractivity contribution in [1.29, 1.82) is 0 Å². The number of hydrogen-bond donors (Lipinski definition) is 10. The minimum absolute atomic E-state index is 0.771. The molecule has 0 radical (unpaired) electrons. The van der Waals surface area contributed by atoms with Gasteiger partial charge in [0.1, 0.15) is 67.1 Å². The molecular formula is C18H32O15. The molecule has 0 spiro atoms. The molecule has 0 aromatic carbocycles. The Morgan fingerprint density at radius 1 is 0.697 bits per heavy atom. The molecule has 33 heavy (non-hydrogen) atoms. The van der Waals surface area contributed by atoms with Crippen molar-refractivity contribution < 1.29 is 74.7 Å². The molecule has 0 aliphatic carbocycles. The van der Waals surface area contributed by atoms with Gasteiger partial charge in [0, 0.05) is 0 Å². The molecule has 3 rings (SSSR count). The van der Waals surface area contributed by atoms with E-state index in [0.29, 0.717) is 0 Å². The van der Waals surface area contributed by atoms with Gasteiger partial charge in [-0.05, 0) is 6.92 Å². The number of hydrogen-bond acceptors (Lipinski definition) is 15. The Kier molecular flexibility index (Phi) is 8.99. The first-order valence-electron chi connectivity index (χ1n) is 10.4. The summed E-state index contributed by atoms with van der Waals surface area (Å²) < 4.78 is 26.6. The van der Waals surface area contributed by atoms with Crippen LogP contribution in [-0.4, -0.2) is 156 Å². The molecule has 15 atom stereocenters. The van der Waals surface area contributed by atoms with Crippen LogP contribution < -0.4 is 0 Å². The van der Waals surface area contributed by atoms with E-state index in [1.54, 1.807) is 0 Å². The van der Waals surface area contributed by atoms with Crippen molar-refractivity contribution in [2.45, 2.75) is 99.0 Å². The monoisotopic (exact) mass is 488 g/mol. The van der Waals surface area contributed by atoms with Gasteiger partial charge in [-0.1, -0.05) is 0 Å². The van der Waals surface area contributed by atoms with Crippen LogP contribution in [0.5, 0.6) is 0 Å². The summed E-state index contributed by atoms with van der Waals surface area (Å²) in [5.74, 6) is 0. The van der Waals surface area contributed by atoms with E-state index in [0.717, 1.165) is 0 Å². The van der Waals surface area contributed by atoms with Gasteiger partial charge in [-0.2, -0.15) is 0 Å². The van der Waals surface area contributed by atoms with Gasteiger partial charge in [0.05, 0.1) is 19.3 Å². The summed E-state index contributed by atoms with van der Waals surface area (Å²) >= 11 is 0. The molecule has 15 heteroatoms. The van der Waals surface area contributed by atoms with Crippen LogP contribution >= 0.6 is 0 Å². The number of ether oxygens (including phenoxy) is 5. The van der Waals surface area contributed by atoms with Crippen molar-refractivity contribution in [2.24, 2.45) is 0 Å². The van der Waals surface area contributed by atoms with Gasteiger partial charge in [0.15, 0.2) is 18.9 Å². The first kappa shape index (κ1) is 27.0. The summed E-state index contributed by atoms with van der Waals surface area (Å²) in [7, 11) is 0. The van der Waals surface area contributed by atoms with E-state index in [9.17, 15) is 46.0 Å². The molecule has 3 aliphatic rings. The molecule has 3 fully saturated rings. The topological polar surface area (TPSA) is 248 Å². The highest BCUT2D eigenvalue weighted by atomic mass is 16.8. The highest BCUT2D eigenvalue weighted by Crippen LogP contribution is 2.32. The SMILES string of the molecule is C[C@@H]1O[C@H](O[C@H]2[C@H](O)[C@@H](O)[C@H](O[C@@H]3[C@@H](O)[C@@H](O)O[C@H]3[C@H](O)CO)O[C@@H]2CO)[C@H](O)[C@H](O)[C@H]1O. The van der Waals surface area contributed by atoms with Gasteiger partial charge >= 0.3 is 0 Å². The van der Waals surface area contributed by atoms with Crippen LogP contribution in [0.1, 0.15) is 6.92 Å².